The standard InChI is InChI=1S/C14H20N4S/c1-3-8-15-9-12-4-6-13(7-5-12)19-10-14-17-16-11-18(14)2/h4-7,11,15H,3,8-10H2,1-2H3. The van der Waals surface area contributed by atoms with Crippen molar-refractivity contribution in [3.05, 3.63) is 42.0 Å². The van der Waals surface area contributed by atoms with Crippen molar-refractivity contribution in [3.8, 4) is 0 Å². The summed E-state index contributed by atoms with van der Waals surface area (Å²) in [6.45, 7) is 4.20. The van der Waals surface area contributed by atoms with Gasteiger partial charge in [-0.1, -0.05) is 19.1 Å². The lowest BCUT2D eigenvalue weighted by Gasteiger charge is -2.05. The van der Waals surface area contributed by atoms with E-state index < -0.39 is 0 Å². The molecule has 1 aromatic carbocycles. The fourth-order valence-corrected chi connectivity index (χ4v) is 2.58. The second-order valence-electron chi connectivity index (χ2n) is 4.47. The van der Waals surface area contributed by atoms with Gasteiger partial charge in [-0.05, 0) is 30.7 Å². The van der Waals surface area contributed by atoms with E-state index in [-0.39, 0.29) is 0 Å². The molecule has 0 aliphatic heterocycles. The third-order valence-electron chi connectivity index (χ3n) is 2.85. The van der Waals surface area contributed by atoms with E-state index in [0.717, 1.165) is 24.7 Å². The zero-order valence-electron chi connectivity index (χ0n) is 11.5. The lowest BCUT2D eigenvalue weighted by atomic mass is 10.2. The molecule has 0 aliphatic carbocycles. The van der Waals surface area contributed by atoms with Gasteiger partial charge in [-0.15, -0.1) is 22.0 Å². The zero-order valence-corrected chi connectivity index (χ0v) is 12.3. The third-order valence-corrected chi connectivity index (χ3v) is 3.86. The highest BCUT2D eigenvalue weighted by atomic mass is 32.2. The molecular weight excluding hydrogens is 256 g/mol. The molecule has 1 heterocycles. The Morgan fingerprint density at radius 3 is 2.68 bits per heavy atom. The van der Waals surface area contributed by atoms with Crippen LogP contribution in [0.25, 0.3) is 0 Å². The van der Waals surface area contributed by atoms with Crippen LogP contribution in [0.15, 0.2) is 35.5 Å². The fourth-order valence-electron chi connectivity index (χ4n) is 1.70. The smallest absolute Gasteiger partial charge is 0.142 e. The molecule has 5 heteroatoms. The molecule has 0 aliphatic rings. The number of hydrogen-bond donors (Lipinski definition) is 1. The van der Waals surface area contributed by atoms with E-state index in [1.165, 1.54) is 16.9 Å². The molecule has 2 aromatic rings. The number of hydrogen-bond acceptors (Lipinski definition) is 4. The number of aromatic nitrogens is 3. The molecular formula is C14H20N4S. The van der Waals surface area contributed by atoms with Gasteiger partial charge in [0.05, 0.1) is 5.75 Å². The minimum Gasteiger partial charge on any atom is -0.320 e. The highest BCUT2D eigenvalue weighted by Crippen LogP contribution is 2.21. The summed E-state index contributed by atoms with van der Waals surface area (Å²) < 4.78 is 1.95. The van der Waals surface area contributed by atoms with Crippen molar-refractivity contribution in [2.75, 3.05) is 6.54 Å². The predicted octanol–water partition coefficient (Wildman–Crippen LogP) is 2.61. The number of nitrogens with zero attached hydrogens (tertiary/aromatic N) is 3. The molecule has 1 N–H and O–H groups in total. The van der Waals surface area contributed by atoms with E-state index >= 15 is 0 Å². The van der Waals surface area contributed by atoms with Gasteiger partial charge in [0.15, 0.2) is 0 Å². The first-order valence-electron chi connectivity index (χ1n) is 6.55. The van der Waals surface area contributed by atoms with Crippen LogP contribution in [0.1, 0.15) is 24.7 Å². The first kappa shape index (κ1) is 14.1. The average Bonchev–Trinajstić information content (AvgIpc) is 2.84. The molecule has 0 atom stereocenters. The Kier molecular flexibility index (Phi) is 5.42. The molecule has 0 saturated heterocycles. The van der Waals surface area contributed by atoms with Crippen molar-refractivity contribution < 1.29 is 0 Å². The molecule has 2 rings (SSSR count). The quantitative estimate of drug-likeness (QED) is 0.623. The second-order valence-corrected chi connectivity index (χ2v) is 5.52. The summed E-state index contributed by atoms with van der Waals surface area (Å²) in [5.41, 5.74) is 1.33. The molecule has 0 bridgehead atoms. The molecule has 0 fully saturated rings. The summed E-state index contributed by atoms with van der Waals surface area (Å²) in [5.74, 6) is 1.85. The van der Waals surface area contributed by atoms with Gasteiger partial charge in [0, 0.05) is 18.5 Å². The summed E-state index contributed by atoms with van der Waals surface area (Å²) in [7, 11) is 1.97. The number of thioether (sulfide) groups is 1. The Morgan fingerprint density at radius 1 is 1.26 bits per heavy atom. The molecule has 0 amide bonds. The first-order chi connectivity index (χ1) is 9.29. The fraction of sp³-hybridized carbons (Fsp3) is 0.429. The number of benzene rings is 1. The van der Waals surface area contributed by atoms with Crippen LogP contribution in [-0.2, 0) is 19.3 Å². The SMILES string of the molecule is CCCNCc1ccc(SCc2nncn2C)cc1. The summed E-state index contributed by atoms with van der Waals surface area (Å²) in [6, 6.07) is 8.71. The van der Waals surface area contributed by atoms with Gasteiger partial charge < -0.3 is 9.88 Å². The van der Waals surface area contributed by atoms with Crippen molar-refractivity contribution in [1.82, 2.24) is 20.1 Å². The van der Waals surface area contributed by atoms with Crippen molar-refractivity contribution >= 4 is 11.8 Å². The van der Waals surface area contributed by atoms with E-state index in [4.69, 9.17) is 0 Å². The molecule has 19 heavy (non-hydrogen) atoms. The average molecular weight is 276 g/mol. The Hall–Kier alpha value is -1.33. The van der Waals surface area contributed by atoms with E-state index in [1.54, 1.807) is 18.1 Å². The monoisotopic (exact) mass is 276 g/mol. The molecule has 4 nitrogen and oxygen atoms in total. The topological polar surface area (TPSA) is 42.7 Å². The van der Waals surface area contributed by atoms with Crippen molar-refractivity contribution in [2.45, 2.75) is 30.5 Å². The van der Waals surface area contributed by atoms with Crippen LogP contribution < -0.4 is 5.32 Å². The first-order valence-corrected chi connectivity index (χ1v) is 7.53. The molecule has 0 spiro atoms. The molecule has 0 radical (unpaired) electrons. The van der Waals surface area contributed by atoms with Gasteiger partial charge >= 0.3 is 0 Å². The maximum atomic E-state index is 4.08. The van der Waals surface area contributed by atoms with Gasteiger partial charge in [0.1, 0.15) is 12.2 Å². The highest BCUT2D eigenvalue weighted by molar-refractivity contribution is 7.98. The number of rotatable bonds is 7. The van der Waals surface area contributed by atoms with Crippen molar-refractivity contribution in [2.24, 2.45) is 7.05 Å². The maximum Gasteiger partial charge on any atom is 0.142 e. The molecule has 1 aromatic heterocycles. The number of nitrogens with one attached hydrogen (secondary N) is 1. The normalized spacial score (nSPS) is 10.8. The van der Waals surface area contributed by atoms with Crippen molar-refractivity contribution in [1.29, 1.82) is 0 Å². The summed E-state index contributed by atoms with van der Waals surface area (Å²) >= 11 is 1.79. The molecule has 102 valence electrons. The van der Waals surface area contributed by atoms with Crippen LogP contribution in [0.3, 0.4) is 0 Å². The summed E-state index contributed by atoms with van der Waals surface area (Å²) in [6.07, 6.45) is 2.91. The van der Waals surface area contributed by atoms with E-state index in [2.05, 4.69) is 46.7 Å². The van der Waals surface area contributed by atoms with Gasteiger partial charge in [0.2, 0.25) is 0 Å². The summed E-state index contributed by atoms with van der Waals surface area (Å²) in [4.78, 5) is 1.27. The lowest BCUT2D eigenvalue weighted by molar-refractivity contribution is 0.675. The molecule has 0 unspecified atom stereocenters. The van der Waals surface area contributed by atoms with E-state index in [0.29, 0.717) is 0 Å². The van der Waals surface area contributed by atoms with E-state index in [9.17, 15) is 0 Å². The molecule has 0 saturated carbocycles. The Labute approximate surface area is 118 Å². The van der Waals surface area contributed by atoms with Gasteiger partial charge in [0.25, 0.3) is 0 Å². The van der Waals surface area contributed by atoms with Crippen molar-refractivity contribution in [3.63, 3.8) is 0 Å². The Balaban J connectivity index is 1.83. The van der Waals surface area contributed by atoms with Gasteiger partial charge in [-0.3, -0.25) is 0 Å². The van der Waals surface area contributed by atoms with Crippen LogP contribution in [0.5, 0.6) is 0 Å². The zero-order chi connectivity index (χ0) is 13.5. The van der Waals surface area contributed by atoms with Crippen LogP contribution in [0.2, 0.25) is 0 Å². The van der Waals surface area contributed by atoms with E-state index in [1.807, 2.05) is 11.6 Å². The largest absolute Gasteiger partial charge is 0.320 e. The maximum absolute atomic E-state index is 4.08. The minimum atomic E-state index is 0.851. The number of aryl methyl sites for hydroxylation is 1. The van der Waals surface area contributed by atoms with Crippen LogP contribution in [0.4, 0.5) is 0 Å². The third kappa shape index (κ3) is 4.36. The Bertz CT molecular complexity index is 492. The second kappa shape index (κ2) is 7.31. The van der Waals surface area contributed by atoms with Crippen LogP contribution in [0, 0.1) is 0 Å². The predicted molar refractivity (Wildman–Crippen MR) is 79.0 cm³/mol. The highest BCUT2D eigenvalue weighted by Gasteiger charge is 2.02. The van der Waals surface area contributed by atoms with Crippen LogP contribution >= 0.6 is 11.8 Å². The lowest BCUT2D eigenvalue weighted by Crippen LogP contribution is -2.13. The van der Waals surface area contributed by atoms with Gasteiger partial charge in [-0.25, -0.2) is 0 Å². The summed E-state index contributed by atoms with van der Waals surface area (Å²) in [5, 5.41) is 11.4. The minimum absolute atomic E-state index is 0.851. The Morgan fingerprint density at radius 2 is 2.05 bits per heavy atom. The van der Waals surface area contributed by atoms with Crippen LogP contribution in [-0.4, -0.2) is 21.3 Å². The van der Waals surface area contributed by atoms with Gasteiger partial charge in [-0.2, -0.15) is 0 Å².